The standard InChI is InChI=1S/C18H31FN2/c1-3-5-6-7-8-9-10-13-17(20-14-4-2)18-16(19)12-11-15-21-18/h11-12,15,17,20H,3-10,13-14H2,1-2H3. The Labute approximate surface area is 129 Å². The number of pyridine rings is 1. The lowest BCUT2D eigenvalue weighted by Gasteiger charge is -2.18. The lowest BCUT2D eigenvalue weighted by Crippen LogP contribution is -2.24. The zero-order valence-electron chi connectivity index (χ0n) is 13.7. The minimum absolute atomic E-state index is 0.0572. The number of rotatable bonds is 12. The minimum atomic E-state index is -0.186. The largest absolute Gasteiger partial charge is 0.309 e. The second-order valence-electron chi connectivity index (χ2n) is 5.79. The normalized spacial score (nSPS) is 12.5. The van der Waals surface area contributed by atoms with Crippen LogP contribution in [0.15, 0.2) is 18.3 Å². The van der Waals surface area contributed by atoms with Gasteiger partial charge in [0, 0.05) is 6.20 Å². The Morgan fingerprint density at radius 1 is 1.05 bits per heavy atom. The molecular weight excluding hydrogens is 263 g/mol. The monoisotopic (exact) mass is 294 g/mol. The Hall–Kier alpha value is -0.960. The first-order valence-electron chi connectivity index (χ1n) is 8.63. The fourth-order valence-corrected chi connectivity index (χ4v) is 2.61. The van der Waals surface area contributed by atoms with E-state index in [1.807, 2.05) is 0 Å². The number of hydrogen-bond acceptors (Lipinski definition) is 2. The van der Waals surface area contributed by atoms with Gasteiger partial charge in [-0.1, -0.05) is 58.8 Å². The van der Waals surface area contributed by atoms with Crippen LogP contribution < -0.4 is 5.32 Å². The highest BCUT2D eigenvalue weighted by Crippen LogP contribution is 2.21. The summed E-state index contributed by atoms with van der Waals surface area (Å²) in [6.07, 6.45) is 12.7. The summed E-state index contributed by atoms with van der Waals surface area (Å²) in [5.74, 6) is -0.186. The van der Waals surface area contributed by atoms with Gasteiger partial charge in [0.1, 0.15) is 5.82 Å². The van der Waals surface area contributed by atoms with Crippen molar-refractivity contribution < 1.29 is 4.39 Å². The van der Waals surface area contributed by atoms with Gasteiger partial charge in [0.15, 0.2) is 0 Å². The molecule has 1 rings (SSSR count). The number of nitrogens with one attached hydrogen (secondary N) is 1. The minimum Gasteiger partial charge on any atom is -0.309 e. The molecule has 3 heteroatoms. The van der Waals surface area contributed by atoms with E-state index in [9.17, 15) is 4.39 Å². The van der Waals surface area contributed by atoms with Gasteiger partial charge in [0.05, 0.1) is 11.7 Å². The maximum Gasteiger partial charge on any atom is 0.146 e. The summed E-state index contributed by atoms with van der Waals surface area (Å²) < 4.78 is 13.9. The third-order valence-corrected chi connectivity index (χ3v) is 3.85. The average Bonchev–Trinajstić information content (AvgIpc) is 2.50. The van der Waals surface area contributed by atoms with Crippen LogP contribution in [0.3, 0.4) is 0 Å². The van der Waals surface area contributed by atoms with Crippen LogP contribution in [0.2, 0.25) is 0 Å². The second kappa shape index (κ2) is 11.7. The predicted molar refractivity (Wildman–Crippen MR) is 87.8 cm³/mol. The molecule has 120 valence electrons. The first kappa shape index (κ1) is 18.1. The quantitative estimate of drug-likeness (QED) is 0.522. The first-order valence-corrected chi connectivity index (χ1v) is 8.63. The Balaban J connectivity index is 2.35. The molecule has 1 aromatic heterocycles. The number of hydrogen-bond donors (Lipinski definition) is 1. The highest BCUT2D eigenvalue weighted by atomic mass is 19.1. The summed E-state index contributed by atoms with van der Waals surface area (Å²) in [5, 5.41) is 3.44. The SMILES string of the molecule is CCCCCCCCCC(NCCC)c1ncccc1F. The van der Waals surface area contributed by atoms with Crippen LogP contribution in [-0.4, -0.2) is 11.5 Å². The van der Waals surface area contributed by atoms with E-state index in [-0.39, 0.29) is 11.9 Å². The van der Waals surface area contributed by atoms with Gasteiger partial charge in [-0.2, -0.15) is 0 Å². The molecule has 0 spiro atoms. The van der Waals surface area contributed by atoms with Crippen molar-refractivity contribution in [3.8, 4) is 0 Å². The summed E-state index contributed by atoms with van der Waals surface area (Å²) in [6, 6.07) is 3.22. The Morgan fingerprint density at radius 3 is 2.43 bits per heavy atom. The highest BCUT2D eigenvalue weighted by molar-refractivity contribution is 5.11. The Morgan fingerprint density at radius 2 is 1.76 bits per heavy atom. The first-order chi connectivity index (χ1) is 10.3. The molecule has 0 saturated carbocycles. The zero-order chi connectivity index (χ0) is 15.3. The molecule has 2 nitrogen and oxygen atoms in total. The van der Waals surface area contributed by atoms with Gasteiger partial charge >= 0.3 is 0 Å². The van der Waals surface area contributed by atoms with Crippen molar-refractivity contribution in [1.82, 2.24) is 10.3 Å². The molecule has 0 saturated heterocycles. The molecular formula is C18H31FN2. The Bertz CT molecular complexity index is 368. The van der Waals surface area contributed by atoms with Crippen molar-refractivity contribution in [3.63, 3.8) is 0 Å². The lowest BCUT2D eigenvalue weighted by atomic mass is 10.0. The van der Waals surface area contributed by atoms with Gasteiger partial charge in [-0.05, 0) is 31.5 Å². The summed E-state index contributed by atoms with van der Waals surface area (Å²) >= 11 is 0. The number of aromatic nitrogens is 1. The van der Waals surface area contributed by atoms with Crippen molar-refractivity contribution in [1.29, 1.82) is 0 Å². The van der Waals surface area contributed by atoms with E-state index in [0.717, 1.165) is 25.8 Å². The molecule has 1 heterocycles. The van der Waals surface area contributed by atoms with E-state index in [1.54, 1.807) is 12.3 Å². The van der Waals surface area contributed by atoms with Gasteiger partial charge in [-0.15, -0.1) is 0 Å². The second-order valence-corrected chi connectivity index (χ2v) is 5.79. The molecule has 0 bridgehead atoms. The fourth-order valence-electron chi connectivity index (χ4n) is 2.61. The number of halogens is 1. The predicted octanol–water partition coefficient (Wildman–Crippen LogP) is 5.40. The Kier molecular flexibility index (Phi) is 10.1. The average molecular weight is 294 g/mol. The summed E-state index contributed by atoms with van der Waals surface area (Å²) in [5.41, 5.74) is 0.580. The molecule has 0 aliphatic heterocycles. The molecule has 0 aliphatic rings. The molecule has 0 aromatic carbocycles. The molecule has 1 atom stereocenters. The third-order valence-electron chi connectivity index (χ3n) is 3.85. The van der Waals surface area contributed by atoms with Crippen LogP contribution in [0.5, 0.6) is 0 Å². The van der Waals surface area contributed by atoms with Gasteiger partial charge in [0.2, 0.25) is 0 Å². The van der Waals surface area contributed by atoms with E-state index in [0.29, 0.717) is 5.69 Å². The maximum absolute atomic E-state index is 13.9. The van der Waals surface area contributed by atoms with Crippen molar-refractivity contribution in [2.24, 2.45) is 0 Å². The van der Waals surface area contributed by atoms with Crippen LogP contribution in [-0.2, 0) is 0 Å². The van der Waals surface area contributed by atoms with E-state index < -0.39 is 0 Å². The lowest BCUT2D eigenvalue weighted by molar-refractivity contribution is 0.438. The van der Waals surface area contributed by atoms with E-state index in [1.165, 1.54) is 44.6 Å². The maximum atomic E-state index is 13.9. The molecule has 0 amide bonds. The van der Waals surface area contributed by atoms with Crippen LogP contribution in [0.4, 0.5) is 4.39 Å². The fraction of sp³-hybridized carbons (Fsp3) is 0.722. The molecule has 0 aliphatic carbocycles. The van der Waals surface area contributed by atoms with Crippen LogP contribution in [0.25, 0.3) is 0 Å². The van der Waals surface area contributed by atoms with E-state index in [2.05, 4.69) is 24.1 Å². The van der Waals surface area contributed by atoms with Crippen molar-refractivity contribution in [3.05, 3.63) is 29.8 Å². The van der Waals surface area contributed by atoms with Gasteiger partial charge < -0.3 is 5.32 Å². The topological polar surface area (TPSA) is 24.9 Å². The van der Waals surface area contributed by atoms with Crippen molar-refractivity contribution in [2.75, 3.05) is 6.54 Å². The molecule has 1 unspecified atom stereocenters. The summed E-state index contributed by atoms with van der Waals surface area (Å²) in [4.78, 5) is 4.23. The van der Waals surface area contributed by atoms with Crippen LogP contribution in [0.1, 0.15) is 83.4 Å². The third kappa shape index (κ3) is 7.56. The number of nitrogens with zero attached hydrogens (tertiary/aromatic N) is 1. The molecule has 21 heavy (non-hydrogen) atoms. The van der Waals surface area contributed by atoms with Gasteiger partial charge in [-0.3, -0.25) is 4.98 Å². The molecule has 0 fully saturated rings. The molecule has 1 N–H and O–H groups in total. The van der Waals surface area contributed by atoms with Gasteiger partial charge in [-0.25, -0.2) is 4.39 Å². The number of unbranched alkanes of at least 4 members (excludes halogenated alkanes) is 6. The van der Waals surface area contributed by atoms with Gasteiger partial charge in [0.25, 0.3) is 0 Å². The van der Waals surface area contributed by atoms with Crippen LogP contribution in [0, 0.1) is 5.82 Å². The van der Waals surface area contributed by atoms with Crippen molar-refractivity contribution in [2.45, 2.75) is 77.7 Å². The van der Waals surface area contributed by atoms with Crippen LogP contribution >= 0.6 is 0 Å². The zero-order valence-corrected chi connectivity index (χ0v) is 13.7. The summed E-state index contributed by atoms with van der Waals surface area (Å²) in [7, 11) is 0. The smallest absolute Gasteiger partial charge is 0.146 e. The van der Waals surface area contributed by atoms with E-state index in [4.69, 9.17) is 0 Å². The summed E-state index contributed by atoms with van der Waals surface area (Å²) in [6.45, 7) is 5.29. The highest BCUT2D eigenvalue weighted by Gasteiger charge is 2.15. The van der Waals surface area contributed by atoms with Crippen molar-refractivity contribution >= 4 is 0 Å². The van der Waals surface area contributed by atoms with E-state index >= 15 is 0 Å². The molecule has 1 aromatic rings. The molecule has 0 radical (unpaired) electrons.